The minimum atomic E-state index is -3.25. The number of hydrogen-bond donors (Lipinski definition) is 0. The summed E-state index contributed by atoms with van der Waals surface area (Å²) in [6.45, 7) is 0. The fourth-order valence-electron chi connectivity index (χ4n) is 4.11. The summed E-state index contributed by atoms with van der Waals surface area (Å²) in [5, 5.41) is 1.52. The number of imidazole rings is 1. The number of hydrogen-bond acceptors (Lipinski definition) is 3. The maximum absolute atomic E-state index is 15.0. The zero-order valence-electron chi connectivity index (χ0n) is 16.0. The molecule has 144 valence electrons. The molecule has 0 spiro atoms. The molecule has 2 heterocycles. The first-order valence-electron chi connectivity index (χ1n) is 9.77. The first-order valence-corrected chi connectivity index (χ1v) is 11.5. The van der Waals surface area contributed by atoms with Crippen LogP contribution in [0.2, 0.25) is 0 Å². The number of para-hydroxylation sites is 3. The topological polar surface area (TPSA) is 44.1 Å². The van der Waals surface area contributed by atoms with Crippen molar-refractivity contribution < 1.29 is 9.30 Å². The summed E-state index contributed by atoms with van der Waals surface area (Å²) in [4.78, 5) is 4.93. The van der Waals surface area contributed by atoms with Gasteiger partial charge in [-0.2, -0.15) is 0 Å². The lowest BCUT2D eigenvalue weighted by Crippen LogP contribution is -2.31. The second-order valence-electron chi connectivity index (χ2n) is 7.22. The van der Waals surface area contributed by atoms with Gasteiger partial charge < -0.3 is 9.30 Å². The molecule has 4 nitrogen and oxygen atoms in total. The van der Waals surface area contributed by atoms with Crippen molar-refractivity contribution in [2.24, 2.45) is 0 Å². The summed E-state index contributed by atoms with van der Waals surface area (Å²) in [6.07, 6.45) is 0. The van der Waals surface area contributed by atoms with Crippen molar-refractivity contribution in [2.45, 2.75) is 0 Å². The smallest absolute Gasteiger partial charge is 0.205 e. The fourth-order valence-corrected chi connectivity index (χ4v) is 6.79. The molecule has 0 aliphatic carbocycles. The Balaban J connectivity index is 1.77. The molecule has 1 aromatic heterocycles. The van der Waals surface area contributed by atoms with Gasteiger partial charge in [-0.25, -0.2) is 4.98 Å². The molecule has 0 amide bonds. The summed E-state index contributed by atoms with van der Waals surface area (Å²) < 4.78 is 23.1. The van der Waals surface area contributed by atoms with E-state index in [-0.39, 0.29) is 0 Å². The van der Waals surface area contributed by atoms with Crippen LogP contribution in [0.4, 0.5) is 0 Å². The number of fused-ring (bicyclic) bond motifs is 2. The van der Waals surface area contributed by atoms with Crippen LogP contribution in [0.3, 0.4) is 0 Å². The number of rotatable bonds is 3. The van der Waals surface area contributed by atoms with Gasteiger partial charge in [0.25, 0.3) is 0 Å². The van der Waals surface area contributed by atoms with Gasteiger partial charge in [0.05, 0.1) is 11.2 Å². The lowest BCUT2D eigenvalue weighted by atomic mass is 10.2. The van der Waals surface area contributed by atoms with Gasteiger partial charge in [-0.1, -0.05) is 78.9 Å². The molecular weight excluding hydrogens is 391 g/mol. The van der Waals surface area contributed by atoms with Crippen LogP contribution in [0.25, 0.3) is 16.7 Å². The highest BCUT2D eigenvalue weighted by Crippen LogP contribution is 2.47. The molecule has 0 saturated heterocycles. The Morgan fingerprint density at radius 2 is 1.27 bits per heavy atom. The molecule has 1 aliphatic heterocycles. The molecule has 30 heavy (non-hydrogen) atoms. The van der Waals surface area contributed by atoms with E-state index in [9.17, 15) is 4.57 Å². The molecule has 5 aromatic rings. The largest absolute Gasteiger partial charge is 0.453 e. The Bertz CT molecular complexity index is 1400. The molecule has 0 fully saturated rings. The van der Waals surface area contributed by atoms with Gasteiger partial charge >= 0.3 is 0 Å². The van der Waals surface area contributed by atoms with Crippen LogP contribution >= 0.6 is 7.14 Å². The average molecular weight is 408 g/mol. The van der Waals surface area contributed by atoms with E-state index in [4.69, 9.17) is 9.72 Å². The van der Waals surface area contributed by atoms with Crippen molar-refractivity contribution in [1.29, 1.82) is 0 Å². The van der Waals surface area contributed by atoms with E-state index in [2.05, 4.69) is 0 Å². The third kappa shape index (κ3) is 2.35. The van der Waals surface area contributed by atoms with Gasteiger partial charge in [0.15, 0.2) is 17.1 Å². The SMILES string of the molecule is O=P(c1ccccc1)(c1ccccc1)c1nc2cccc3c2n1-c1ccccc1O3. The Hall–Kier alpha value is -3.62. The molecule has 0 saturated carbocycles. The zero-order chi connectivity index (χ0) is 20.1. The summed E-state index contributed by atoms with van der Waals surface area (Å²) >= 11 is 0. The lowest BCUT2D eigenvalue weighted by Gasteiger charge is -2.24. The molecule has 0 atom stereocenters. The third-order valence-corrected chi connectivity index (χ3v) is 8.38. The quantitative estimate of drug-likeness (QED) is 0.396. The van der Waals surface area contributed by atoms with Gasteiger partial charge in [-0.05, 0) is 24.3 Å². The summed E-state index contributed by atoms with van der Waals surface area (Å²) in [5.41, 5.74) is 3.00. The number of aromatic nitrogens is 2. The van der Waals surface area contributed by atoms with Crippen LogP contribution in [0.15, 0.2) is 103 Å². The van der Waals surface area contributed by atoms with Crippen LogP contribution in [-0.2, 0) is 4.57 Å². The molecule has 0 N–H and O–H groups in total. The van der Waals surface area contributed by atoms with E-state index in [0.717, 1.165) is 38.8 Å². The van der Waals surface area contributed by atoms with Gasteiger partial charge in [0, 0.05) is 10.6 Å². The van der Waals surface area contributed by atoms with Crippen molar-refractivity contribution in [3.8, 4) is 17.2 Å². The van der Waals surface area contributed by atoms with Crippen LogP contribution in [0.5, 0.6) is 11.5 Å². The molecule has 6 rings (SSSR count). The number of nitrogens with zero attached hydrogens (tertiary/aromatic N) is 2. The Morgan fingerprint density at radius 1 is 0.667 bits per heavy atom. The van der Waals surface area contributed by atoms with E-state index >= 15 is 0 Å². The predicted molar refractivity (Wildman–Crippen MR) is 121 cm³/mol. The van der Waals surface area contributed by atoms with Crippen molar-refractivity contribution in [2.75, 3.05) is 0 Å². The van der Waals surface area contributed by atoms with Crippen molar-refractivity contribution in [3.05, 3.63) is 103 Å². The summed E-state index contributed by atoms with van der Waals surface area (Å²) in [7, 11) is -3.25. The van der Waals surface area contributed by atoms with Crippen LogP contribution in [0.1, 0.15) is 0 Å². The second-order valence-corrected chi connectivity index (χ2v) is 9.87. The van der Waals surface area contributed by atoms with Crippen molar-refractivity contribution >= 4 is 34.3 Å². The molecule has 0 unspecified atom stereocenters. The molecule has 0 radical (unpaired) electrons. The van der Waals surface area contributed by atoms with E-state index in [1.165, 1.54) is 0 Å². The molecule has 0 bridgehead atoms. The van der Waals surface area contributed by atoms with E-state index in [0.29, 0.717) is 5.57 Å². The van der Waals surface area contributed by atoms with E-state index < -0.39 is 7.14 Å². The Morgan fingerprint density at radius 3 is 1.97 bits per heavy atom. The molecule has 5 heteroatoms. The first-order chi connectivity index (χ1) is 14.8. The Kier molecular flexibility index (Phi) is 3.71. The summed E-state index contributed by atoms with van der Waals surface area (Å²) in [6, 6.07) is 32.9. The zero-order valence-corrected chi connectivity index (χ0v) is 16.9. The average Bonchev–Trinajstić information content (AvgIpc) is 3.22. The van der Waals surface area contributed by atoms with E-state index in [1.54, 1.807) is 0 Å². The first kappa shape index (κ1) is 17.3. The minimum Gasteiger partial charge on any atom is -0.453 e. The van der Waals surface area contributed by atoms with Crippen molar-refractivity contribution in [3.63, 3.8) is 0 Å². The monoisotopic (exact) mass is 408 g/mol. The standard InChI is InChI=1S/C25H17N2O2P/c28-30(18-10-3-1-4-11-18,19-12-5-2-6-13-19)25-26-20-14-9-17-23-24(20)27(25)21-15-7-8-16-22(21)29-23/h1-17H. The lowest BCUT2D eigenvalue weighted by molar-refractivity contribution is 0.476. The summed E-state index contributed by atoms with van der Waals surface area (Å²) in [5.74, 6) is 1.45. The van der Waals surface area contributed by atoms with E-state index in [1.807, 2.05) is 108 Å². The van der Waals surface area contributed by atoms with Gasteiger partial charge in [-0.3, -0.25) is 4.57 Å². The Labute approximate surface area is 173 Å². The molecule has 4 aromatic carbocycles. The van der Waals surface area contributed by atoms with Crippen LogP contribution in [-0.4, -0.2) is 9.55 Å². The molecular formula is C25H17N2O2P. The van der Waals surface area contributed by atoms with Crippen LogP contribution < -0.4 is 20.9 Å². The van der Waals surface area contributed by atoms with Crippen LogP contribution in [0, 0.1) is 0 Å². The predicted octanol–water partition coefficient (Wildman–Crippen LogP) is 4.77. The van der Waals surface area contributed by atoms with Gasteiger partial charge in [0.1, 0.15) is 5.52 Å². The number of benzene rings is 4. The maximum atomic E-state index is 15.0. The normalized spacial score (nSPS) is 12.4. The number of ether oxygens (including phenoxy) is 1. The highest BCUT2D eigenvalue weighted by molar-refractivity contribution is 7.85. The third-order valence-electron chi connectivity index (χ3n) is 5.47. The van der Waals surface area contributed by atoms with Gasteiger partial charge in [-0.15, -0.1) is 0 Å². The second kappa shape index (κ2) is 6.45. The van der Waals surface area contributed by atoms with Gasteiger partial charge in [0.2, 0.25) is 7.14 Å². The highest BCUT2D eigenvalue weighted by Gasteiger charge is 2.38. The van der Waals surface area contributed by atoms with Crippen molar-refractivity contribution in [1.82, 2.24) is 9.55 Å². The molecule has 1 aliphatic rings. The fraction of sp³-hybridized carbons (Fsp3) is 0. The maximum Gasteiger partial charge on any atom is 0.205 e. The highest BCUT2D eigenvalue weighted by atomic mass is 31.2. The minimum absolute atomic E-state index is 0.540.